The predicted octanol–water partition coefficient (Wildman–Crippen LogP) is 4.54. The largest absolute Gasteiger partial charge is 0.448 e. The van der Waals surface area contributed by atoms with E-state index in [1.807, 2.05) is 60.7 Å². The third-order valence-corrected chi connectivity index (χ3v) is 6.05. The van der Waals surface area contributed by atoms with Gasteiger partial charge in [0.2, 0.25) is 0 Å². The number of hydrogen-bond donors (Lipinski definition) is 2. The standard InChI is InChI=1S/C28H32N4O3/c1-22(31(19-23-11-4-2-5-12-23)20-24-13-6-3-7-14-24)21-35-28(34)29-17-10-18-32-26-16-9-8-15-25(26)30-27(32)33/h2-9,11-16,22H,10,17-21H2,1H3,(H,29,34)(H,30,33). The maximum atomic E-state index is 12.3. The van der Waals surface area contributed by atoms with Gasteiger partial charge in [0.25, 0.3) is 0 Å². The van der Waals surface area contributed by atoms with Crippen LogP contribution in [0.15, 0.2) is 89.7 Å². The molecule has 1 atom stereocenters. The number of rotatable bonds is 11. The fourth-order valence-corrected chi connectivity index (χ4v) is 4.11. The van der Waals surface area contributed by atoms with Crippen LogP contribution in [-0.4, -0.2) is 39.7 Å². The number of imidazole rings is 1. The molecule has 4 rings (SSSR count). The minimum absolute atomic E-state index is 0.0333. The zero-order valence-electron chi connectivity index (χ0n) is 20.0. The maximum Gasteiger partial charge on any atom is 0.407 e. The Morgan fingerprint density at radius 1 is 0.943 bits per heavy atom. The number of amides is 1. The zero-order valence-corrected chi connectivity index (χ0v) is 20.0. The van der Waals surface area contributed by atoms with E-state index in [1.54, 1.807) is 4.57 Å². The second-order valence-electron chi connectivity index (χ2n) is 8.70. The van der Waals surface area contributed by atoms with Crippen molar-refractivity contribution in [1.29, 1.82) is 0 Å². The highest BCUT2D eigenvalue weighted by Gasteiger charge is 2.17. The average Bonchev–Trinajstić information content (AvgIpc) is 3.21. The first-order valence-electron chi connectivity index (χ1n) is 12.0. The zero-order chi connectivity index (χ0) is 24.5. The molecule has 0 spiro atoms. The summed E-state index contributed by atoms with van der Waals surface area (Å²) in [5.74, 6) is 0. The van der Waals surface area contributed by atoms with Gasteiger partial charge in [-0.15, -0.1) is 0 Å². The lowest BCUT2D eigenvalue weighted by Gasteiger charge is -2.29. The van der Waals surface area contributed by atoms with Crippen LogP contribution in [0.25, 0.3) is 11.0 Å². The summed E-state index contributed by atoms with van der Waals surface area (Å²) in [6.07, 6.45) is 0.183. The monoisotopic (exact) mass is 472 g/mol. The van der Waals surface area contributed by atoms with Crippen molar-refractivity contribution in [3.63, 3.8) is 0 Å². The van der Waals surface area contributed by atoms with Crippen molar-refractivity contribution in [3.05, 3.63) is 107 Å². The van der Waals surface area contributed by atoms with E-state index >= 15 is 0 Å². The molecule has 0 saturated heterocycles. The molecule has 35 heavy (non-hydrogen) atoms. The van der Waals surface area contributed by atoms with Crippen molar-refractivity contribution >= 4 is 17.1 Å². The van der Waals surface area contributed by atoms with Crippen molar-refractivity contribution in [3.8, 4) is 0 Å². The predicted molar refractivity (Wildman–Crippen MR) is 138 cm³/mol. The van der Waals surface area contributed by atoms with E-state index in [0.717, 1.165) is 24.1 Å². The van der Waals surface area contributed by atoms with Crippen LogP contribution in [-0.2, 0) is 24.4 Å². The Morgan fingerprint density at radius 2 is 1.54 bits per heavy atom. The Kier molecular flexibility index (Phi) is 8.35. The molecule has 0 fully saturated rings. The first-order valence-corrected chi connectivity index (χ1v) is 12.0. The van der Waals surface area contributed by atoms with Crippen LogP contribution in [0.1, 0.15) is 24.5 Å². The van der Waals surface area contributed by atoms with Crippen LogP contribution < -0.4 is 11.0 Å². The number of para-hydroxylation sites is 2. The molecular weight excluding hydrogens is 440 g/mol. The molecule has 2 N–H and O–H groups in total. The Morgan fingerprint density at radius 3 is 2.20 bits per heavy atom. The summed E-state index contributed by atoms with van der Waals surface area (Å²) in [4.78, 5) is 29.6. The quantitative estimate of drug-likeness (QED) is 0.314. The Labute approximate surface area is 205 Å². The molecule has 1 amide bonds. The van der Waals surface area contributed by atoms with Gasteiger partial charge in [-0.25, -0.2) is 9.59 Å². The number of alkyl carbamates (subject to hydrolysis) is 1. The third kappa shape index (κ3) is 6.83. The summed E-state index contributed by atoms with van der Waals surface area (Å²) in [6.45, 7) is 4.83. The Balaban J connectivity index is 1.25. The van der Waals surface area contributed by atoms with E-state index in [-0.39, 0.29) is 18.3 Å². The van der Waals surface area contributed by atoms with E-state index in [1.165, 1.54) is 11.1 Å². The number of carbonyl (C=O) groups is 1. The lowest BCUT2D eigenvalue weighted by Crippen LogP contribution is -2.38. The van der Waals surface area contributed by atoms with Gasteiger partial charge >= 0.3 is 11.8 Å². The molecule has 1 heterocycles. The molecule has 7 nitrogen and oxygen atoms in total. The van der Waals surface area contributed by atoms with Crippen LogP contribution >= 0.6 is 0 Å². The molecule has 0 aliphatic carbocycles. The van der Waals surface area contributed by atoms with Gasteiger partial charge in [-0.3, -0.25) is 9.47 Å². The summed E-state index contributed by atoms with van der Waals surface area (Å²) >= 11 is 0. The van der Waals surface area contributed by atoms with Gasteiger partial charge in [-0.05, 0) is 36.6 Å². The number of hydrogen-bond acceptors (Lipinski definition) is 4. The van der Waals surface area contributed by atoms with Gasteiger partial charge in [-0.2, -0.15) is 0 Å². The molecule has 182 valence electrons. The van der Waals surface area contributed by atoms with Crippen LogP contribution in [0.3, 0.4) is 0 Å². The molecule has 0 radical (unpaired) electrons. The topological polar surface area (TPSA) is 79.4 Å². The lowest BCUT2D eigenvalue weighted by molar-refractivity contribution is 0.0886. The summed E-state index contributed by atoms with van der Waals surface area (Å²) in [5, 5.41) is 2.80. The third-order valence-electron chi connectivity index (χ3n) is 6.05. The molecule has 3 aromatic carbocycles. The molecule has 0 bridgehead atoms. The van der Waals surface area contributed by atoms with Gasteiger partial charge < -0.3 is 15.0 Å². The van der Waals surface area contributed by atoms with Crippen LogP contribution in [0.2, 0.25) is 0 Å². The first kappa shape index (κ1) is 24.3. The fraction of sp³-hybridized carbons (Fsp3) is 0.286. The van der Waals surface area contributed by atoms with Crippen molar-refractivity contribution < 1.29 is 9.53 Å². The smallest absolute Gasteiger partial charge is 0.407 e. The molecule has 7 heteroatoms. The van der Waals surface area contributed by atoms with E-state index in [9.17, 15) is 9.59 Å². The van der Waals surface area contributed by atoms with Crippen molar-refractivity contribution in [2.24, 2.45) is 0 Å². The number of ether oxygens (including phenoxy) is 1. The highest BCUT2D eigenvalue weighted by atomic mass is 16.5. The molecule has 1 unspecified atom stereocenters. The summed E-state index contributed by atoms with van der Waals surface area (Å²) < 4.78 is 7.21. The molecule has 4 aromatic rings. The van der Waals surface area contributed by atoms with Crippen LogP contribution in [0, 0.1) is 0 Å². The van der Waals surface area contributed by atoms with E-state index in [2.05, 4.69) is 46.4 Å². The number of aryl methyl sites for hydroxylation is 1. The van der Waals surface area contributed by atoms with E-state index in [0.29, 0.717) is 19.5 Å². The number of fused-ring (bicyclic) bond motifs is 1. The van der Waals surface area contributed by atoms with Crippen molar-refractivity contribution in [2.75, 3.05) is 13.2 Å². The summed E-state index contributed by atoms with van der Waals surface area (Å²) in [5.41, 5.74) is 3.97. The Bertz CT molecular complexity index is 1230. The SMILES string of the molecule is CC(COC(=O)NCCCn1c(=O)[nH]c2ccccc21)N(Cc1ccccc1)Cc1ccccc1. The second kappa shape index (κ2) is 12.0. The lowest BCUT2D eigenvalue weighted by atomic mass is 10.1. The number of benzene rings is 3. The van der Waals surface area contributed by atoms with Crippen LogP contribution in [0.4, 0.5) is 4.79 Å². The molecule has 0 aliphatic heterocycles. The molecule has 0 saturated carbocycles. The number of carbonyl (C=O) groups excluding carboxylic acids is 1. The first-order chi connectivity index (χ1) is 17.1. The minimum Gasteiger partial charge on any atom is -0.448 e. The maximum absolute atomic E-state index is 12.3. The van der Waals surface area contributed by atoms with Crippen molar-refractivity contribution in [2.45, 2.75) is 39.0 Å². The molecule has 1 aromatic heterocycles. The second-order valence-corrected chi connectivity index (χ2v) is 8.70. The summed E-state index contributed by atoms with van der Waals surface area (Å²) in [6, 6.07) is 28.2. The van der Waals surface area contributed by atoms with E-state index in [4.69, 9.17) is 4.74 Å². The molecule has 0 aliphatic rings. The normalized spacial score (nSPS) is 12.1. The van der Waals surface area contributed by atoms with E-state index < -0.39 is 6.09 Å². The van der Waals surface area contributed by atoms with Gasteiger partial charge in [0, 0.05) is 32.2 Å². The fourth-order valence-electron chi connectivity index (χ4n) is 4.11. The number of H-pyrrole nitrogens is 1. The number of aromatic amines is 1. The van der Waals surface area contributed by atoms with Gasteiger partial charge in [0.15, 0.2) is 0 Å². The van der Waals surface area contributed by atoms with Gasteiger partial charge in [-0.1, -0.05) is 72.8 Å². The van der Waals surface area contributed by atoms with Gasteiger partial charge in [0.1, 0.15) is 6.61 Å². The van der Waals surface area contributed by atoms with Crippen LogP contribution in [0.5, 0.6) is 0 Å². The highest BCUT2D eigenvalue weighted by Crippen LogP contribution is 2.14. The minimum atomic E-state index is -0.442. The molecular formula is C28H32N4O3. The van der Waals surface area contributed by atoms with Crippen molar-refractivity contribution in [1.82, 2.24) is 19.8 Å². The average molecular weight is 473 g/mol. The highest BCUT2D eigenvalue weighted by molar-refractivity contribution is 5.74. The Hall–Kier alpha value is -3.84. The number of nitrogens with zero attached hydrogens (tertiary/aromatic N) is 2. The van der Waals surface area contributed by atoms with Gasteiger partial charge in [0.05, 0.1) is 11.0 Å². The summed E-state index contributed by atoms with van der Waals surface area (Å²) in [7, 11) is 0. The number of aromatic nitrogens is 2. The number of nitrogens with one attached hydrogen (secondary N) is 2.